The fraction of sp³-hybridized carbons (Fsp3) is 0.250. The van der Waals surface area contributed by atoms with Crippen molar-refractivity contribution in [2.75, 3.05) is 0 Å². The molecular formula is C8H12O. The highest BCUT2D eigenvalue weighted by molar-refractivity contribution is 5.25. The Morgan fingerprint density at radius 3 is 2.11 bits per heavy atom. The van der Waals surface area contributed by atoms with Crippen LogP contribution < -0.4 is 0 Å². The second-order valence-corrected chi connectivity index (χ2v) is 1.67. The van der Waals surface area contributed by atoms with Gasteiger partial charge in [0.05, 0.1) is 0 Å². The van der Waals surface area contributed by atoms with Gasteiger partial charge in [0.15, 0.2) is 0 Å². The molecule has 0 radical (unpaired) electrons. The van der Waals surface area contributed by atoms with Crippen molar-refractivity contribution in [2.45, 2.75) is 13.3 Å². The van der Waals surface area contributed by atoms with E-state index in [0.29, 0.717) is 0 Å². The Balaban J connectivity index is 4.36. The van der Waals surface area contributed by atoms with Crippen LogP contribution in [-0.2, 0) is 0 Å². The zero-order valence-corrected chi connectivity index (χ0v) is 5.72. The van der Waals surface area contributed by atoms with E-state index >= 15 is 0 Å². The molecule has 1 heteroatoms. The molecule has 0 aliphatic heterocycles. The van der Waals surface area contributed by atoms with Gasteiger partial charge in [-0.3, -0.25) is 0 Å². The van der Waals surface area contributed by atoms with Crippen LogP contribution in [0.3, 0.4) is 0 Å². The molecule has 50 valence electrons. The van der Waals surface area contributed by atoms with Gasteiger partial charge in [0.1, 0.15) is 5.76 Å². The van der Waals surface area contributed by atoms with Gasteiger partial charge in [-0.2, -0.15) is 0 Å². The van der Waals surface area contributed by atoms with Gasteiger partial charge >= 0.3 is 0 Å². The first-order valence-corrected chi connectivity index (χ1v) is 2.93. The summed E-state index contributed by atoms with van der Waals surface area (Å²) in [5, 5.41) is 9.01. The minimum atomic E-state index is 0.229. The van der Waals surface area contributed by atoms with Crippen molar-refractivity contribution < 1.29 is 5.11 Å². The topological polar surface area (TPSA) is 20.2 Å². The van der Waals surface area contributed by atoms with Crippen molar-refractivity contribution in [2.24, 2.45) is 0 Å². The number of hydrogen-bond acceptors (Lipinski definition) is 1. The van der Waals surface area contributed by atoms with Gasteiger partial charge in [-0.15, -0.1) is 0 Å². The van der Waals surface area contributed by atoms with Crippen molar-refractivity contribution >= 4 is 0 Å². The van der Waals surface area contributed by atoms with Gasteiger partial charge in [0, 0.05) is 0 Å². The molecule has 0 amide bonds. The molecule has 0 heterocycles. The van der Waals surface area contributed by atoms with Crippen LogP contribution in [0.1, 0.15) is 13.3 Å². The lowest BCUT2D eigenvalue weighted by Gasteiger charge is -1.96. The highest BCUT2D eigenvalue weighted by Gasteiger charge is 1.91. The SMILES string of the molecule is C=C/C(O)=C(\C=C)CC. The van der Waals surface area contributed by atoms with Crippen LogP contribution in [0.15, 0.2) is 36.6 Å². The zero-order chi connectivity index (χ0) is 7.28. The van der Waals surface area contributed by atoms with Gasteiger partial charge in [0.2, 0.25) is 0 Å². The van der Waals surface area contributed by atoms with Crippen LogP contribution in [0.4, 0.5) is 0 Å². The lowest BCUT2D eigenvalue weighted by molar-refractivity contribution is 0.426. The Morgan fingerprint density at radius 1 is 1.44 bits per heavy atom. The molecule has 0 bridgehead atoms. The molecule has 0 aliphatic carbocycles. The van der Waals surface area contributed by atoms with Crippen molar-refractivity contribution in [1.29, 1.82) is 0 Å². The molecule has 0 saturated heterocycles. The summed E-state index contributed by atoms with van der Waals surface area (Å²) >= 11 is 0. The second-order valence-electron chi connectivity index (χ2n) is 1.67. The average Bonchev–Trinajstić information content (AvgIpc) is 1.90. The Hall–Kier alpha value is -0.980. The van der Waals surface area contributed by atoms with E-state index < -0.39 is 0 Å². The van der Waals surface area contributed by atoms with E-state index in [1.165, 1.54) is 6.08 Å². The predicted molar refractivity (Wildman–Crippen MR) is 40.3 cm³/mol. The summed E-state index contributed by atoms with van der Waals surface area (Å²) < 4.78 is 0. The molecule has 0 unspecified atom stereocenters. The van der Waals surface area contributed by atoms with E-state index in [0.717, 1.165) is 12.0 Å². The average molecular weight is 124 g/mol. The Kier molecular flexibility index (Phi) is 3.52. The summed E-state index contributed by atoms with van der Waals surface area (Å²) in [5.41, 5.74) is 0.838. The molecule has 0 aromatic heterocycles. The Morgan fingerprint density at radius 2 is 2.00 bits per heavy atom. The summed E-state index contributed by atoms with van der Waals surface area (Å²) in [5.74, 6) is 0.229. The molecule has 1 N–H and O–H groups in total. The third-order valence-electron chi connectivity index (χ3n) is 1.15. The number of aliphatic hydroxyl groups is 1. The van der Waals surface area contributed by atoms with Gasteiger partial charge < -0.3 is 5.11 Å². The van der Waals surface area contributed by atoms with Gasteiger partial charge in [-0.25, -0.2) is 0 Å². The lowest BCUT2D eigenvalue weighted by atomic mass is 10.2. The predicted octanol–water partition coefficient (Wildman–Crippen LogP) is 2.58. The number of aliphatic hydroxyl groups excluding tert-OH is 1. The van der Waals surface area contributed by atoms with E-state index in [1.807, 2.05) is 6.92 Å². The number of rotatable bonds is 3. The molecule has 0 aromatic carbocycles. The van der Waals surface area contributed by atoms with E-state index in [4.69, 9.17) is 5.11 Å². The molecule has 1 nitrogen and oxygen atoms in total. The quantitative estimate of drug-likeness (QED) is 0.453. The molecule has 0 fully saturated rings. The maximum atomic E-state index is 9.01. The van der Waals surface area contributed by atoms with Crippen molar-refractivity contribution in [3.8, 4) is 0 Å². The highest BCUT2D eigenvalue weighted by Crippen LogP contribution is 2.06. The fourth-order valence-electron chi connectivity index (χ4n) is 0.561. The third kappa shape index (κ3) is 2.17. The Bertz CT molecular complexity index is 143. The van der Waals surface area contributed by atoms with Crippen LogP contribution in [0, 0.1) is 0 Å². The number of allylic oxidation sites excluding steroid dienone is 3. The summed E-state index contributed by atoms with van der Waals surface area (Å²) in [4.78, 5) is 0. The standard InChI is InChI=1S/C8H12O/c1-4-7(5-2)8(9)6-3/h4,6,9H,1,3,5H2,2H3/b8-7-. The normalized spacial score (nSPS) is 12.1. The van der Waals surface area contributed by atoms with E-state index in [9.17, 15) is 0 Å². The van der Waals surface area contributed by atoms with Gasteiger partial charge in [-0.05, 0) is 18.1 Å². The molecule has 0 aliphatic rings. The van der Waals surface area contributed by atoms with Crippen LogP contribution in [0.2, 0.25) is 0 Å². The molecule has 0 rings (SSSR count). The minimum Gasteiger partial charge on any atom is -0.508 e. The summed E-state index contributed by atoms with van der Waals surface area (Å²) in [6.07, 6.45) is 3.85. The van der Waals surface area contributed by atoms with E-state index in [1.54, 1.807) is 6.08 Å². The van der Waals surface area contributed by atoms with Crippen molar-refractivity contribution in [3.05, 3.63) is 36.6 Å². The maximum absolute atomic E-state index is 9.01. The van der Waals surface area contributed by atoms with Crippen LogP contribution >= 0.6 is 0 Å². The number of hydrogen-bond donors (Lipinski definition) is 1. The van der Waals surface area contributed by atoms with E-state index in [-0.39, 0.29) is 5.76 Å². The lowest BCUT2D eigenvalue weighted by Crippen LogP contribution is -1.81. The van der Waals surface area contributed by atoms with Gasteiger partial charge in [-0.1, -0.05) is 26.2 Å². The first-order valence-electron chi connectivity index (χ1n) is 2.93. The molecule has 9 heavy (non-hydrogen) atoms. The fourth-order valence-corrected chi connectivity index (χ4v) is 0.561. The third-order valence-corrected chi connectivity index (χ3v) is 1.15. The van der Waals surface area contributed by atoms with Crippen LogP contribution in [0.5, 0.6) is 0 Å². The first kappa shape index (κ1) is 8.02. The summed E-state index contributed by atoms with van der Waals surface area (Å²) in [7, 11) is 0. The monoisotopic (exact) mass is 124 g/mol. The largest absolute Gasteiger partial charge is 0.508 e. The molecular weight excluding hydrogens is 112 g/mol. The van der Waals surface area contributed by atoms with E-state index in [2.05, 4.69) is 13.2 Å². The van der Waals surface area contributed by atoms with Crippen molar-refractivity contribution in [1.82, 2.24) is 0 Å². The van der Waals surface area contributed by atoms with Crippen molar-refractivity contribution in [3.63, 3.8) is 0 Å². The van der Waals surface area contributed by atoms with Crippen LogP contribution in [0.25, 0.3) is 0 Å². The Labute approximate surface area is 56.0 Å². The summed E-state index contributed by atoms with van der Waals surface area (Å²) in [6.45, 7) is 8.91. The second kappa shape index (κ2) is 3.96. The molecule has 0 atom stereocenters. The van der Waals surface area contributed by atoms with Crippen LogP contribution in [-0.4, -0.2) is 5.11 Å². The zero-order valence-electron chi connectivity index (χ0n) is 5.72. The first-order chi connectivity index (χ1) is 4.26. The highest BCUT2D eigenvalue weighted by atomic mass is 16.3. The molecule has 0 saturated carbocycles. The maximum Gasteiger partial charge on any atom is 0.118 e. The summed E-state index contributed by atoms with van der Waals surface area (Å²) in [6, 6.07) is 0. The minimum absolute atomic E-state index is 0.229. The molecule has 0 spiro atoms. The van der Waals surface area contributed by atoms with Gasteiger partial charge in [0.25, 0.3) is 0 Å². The smallest absolute Gasteiger partial charge is 0.118 e. The molecule has 0 aromatic rings.